The van der Waals surface area contributed by atoms with Gasteiger partial charge >= 0.3 is 6.01 Å². The predicted octanol–water partition coefficient (Wildman–Crippen LogP) is 4.27. The molecule has 4 rings (SSSR count). The highest BCUT2D eigenvalue weighted by molar-refractivity contribution is 6.31. The van der Waals surface area contributed by atoms with Crippen molar-refractivity contribution in [1.29, 1.82) is 0 Å². The molecule has 2 heterocycles. The Hall–Kier alpha value is -3.12. The summed E-state index contributed by atoms with van der Waals surface area (Å²) < 4.78 is 13.1. The number of rotatable bonds is 5. The Balaban J connectivity index is 1.59. The third kappa shape index (κ3) is 3.57. The summed E-state index contributed by atoms with van der Waals surface area (Å²) in [7, 11) is 3.49. The number of hydrogen-bond donors (Lipinski definition) is 0. The maximum Gasteiger partial charge on any atom is 0.320 e. The van der Waals surface area contributed by atoms with Gasteiger partial charge in [-0.2, -0.15) is 9.97 Å². The fourth-order valence-electron chi connectivity index (χ4n) is 2.79. The lowest BCUT2D eigenvalue weighted by Gasteiger charge is -2.08. The Morgan fingerprint density at radius 2 is 1.85 bits per heavy atom. The molecule has 0 fully saturated rings. The molecule has 136 valence electrons. The molecule has 0 unspecified atom stereocenters. The number of aryl methyl sites for hydroxylation is 1. The van der Waals surface area contributed by atoms with Crippen molar-refractivity contribution in [3.8, 4) is 23.1 Å². The first-order chi connectivity index (χ1) is 13.1. The molecule has 0 N–H and O–H groups in total. The molecule has 0 aliphatic rings. The van der Waals surface area contributed by atoms with Gasteiger partial charge in [-0.05, 0) is 18.2 Å². The van der Waals surface area contributed by atoms with Crippen LogP contribution in [0.5, 0.6) is 11.9 Å². The topological polar surface area (TPSA) is 62.1 Å². The second-order valence-corrected chi connectivity index (χ2v) is 6.42. The highest BCUT2D eigenvalue weighted by Crippen LogP contribution is 2.27. The van der Waals surface area contributed by atoms with Crippen LogP contribution in [0.4, 0.5) is 0 Å². The van der Waals surface area contributed by atoms with Gasteiger partial charge in [0.1, 0.15) is 12.4 Å². The first kappa shape index (κ1) is 17.3. The van der Waals surface area contributed by atoms with Gasteiger partial charge in [-0.1, -0.05) is 41.9 Å². The number of halogens is 1. The van der Waals surface area contributed by atoms with E-state index in [1.165, 1.54) is 0 Å². The highest BCUT2D eigenvalue weighted by atomic mass is 35.5. The number of ether oxygens (including phenoxy) is 2. The summed E-state index contributed by atoms with van der Waals surface area (Å²) in [4.78, 5) is 13.4. The average Bonchev–Trinajstić information content (AvgIpc) is 3.07. The summed E-state index contributed by atoms with van der Waals surface area (Å²) in [6, 6.07) is 15.6. The van der Waals surface area contributed by atoms with Crippen LogP contribution >= 0.6 is 11.6 Å². The molecular formula is C20H17ClN4O2. The minimum Gasteiger partial charge on any atom is -0.480 e. The largest absolute Gasteiger partial charge is 0.480 e. The van der Waals surface area contributed by atoms with Crippen LogP contribution in [0.3, 0.4) is 0 Å². The maximum absolute atomic E-state index is 6.05. The first-order valence-corrected chi connectivity index (χ1v) is 8.73. The number of benzene rings is 2. The summed E-state index contributed by atoms with van der Waals surface area (Å²) >= 11 is 6.05. The zero-order chi connectivity index (χ0) is 18.8. The maximum atomic E-state index is 6.05. The van der Waals surface area contributed by atoms with E-state index in [1.807, 2.05) is 54.2 Å². The van der Waals surface area contributed by atoms with Crippen LogP contribution < -0.4 is 9.47 Å². The van der Waals surface area contributed by atoms with Crippen LogP contribution in [-0.4, -0.2) is 26.6 Å². The summed E-state index contributed by atoms with van der Waals surface area (Å²) in [5, 5.41) is 1.33. The molecule has 0 saturated heterocycles. The van der Waals surface area contributed by atoms with Crippen molar-refractivity contribution >= 4 is 22.5 Å². The zero-order valence-electron chi connectivity index (χ0n) is 14.9. The van der Waals surface area contributed by atoms with Crippen LogP contribution in [0, 0.1) is 0 Å². The zero-order valence-corrected chi connectivity index (χ0v) is 15.6. The van der Waals surface area contributed by atoms with E-state index in [9.17, 15) is 0 Å². The van der Waals surface area contributed by atoms with E-state index in [4.69, 9.17) is 21.1 Å². The number of aromatic nitrogens is 4. The number of fused-ring (bicyclic) bond motifs is 1. The Kier molecular flexibility index (Phi) is 4.64. The lowest BCUT2D eigenvalue weighted by atomic mass is 10.2. The molecular weight excluding hydrogens is 364 g/mol. The lowest BCUT2D eigenvalue weighted by Crippen LogP contribution is -2.06. The van der Waals surface area contributed by atoms with Crippen molar-refractivity contribution in [1.82, 2.24) is 19.5 Å². The van der Waals surface area contributed by atoms with E-state index < -0.39 is 0 Å². The normalized spacial score (nSPS) is 10.9. The fraction of sp³-hybridized carbons (Fsp3) is 0.150. The van der Waals surface area contributed by atoms with E-state index in [2.05, 4.69) is 15.0 Å². The number of methoxy groups -OCH3 is 1. The molecule has 2 aromatic heterocycles. The van der Waals surface area contributed by atoms with Gasteiger partial charge in [-0.15, -0.1) is 0 Å². The van der Waals surface area contributed by atoms with Crippen molar-refractivity contribution < 1.29 is 9.47 Å². The molecule has 4 aromatic rings. The quantitative estimate of drug-likeness (QED) is 0.517. The average molecular weight is 381 g/mol. The molecule has 0 aliphatic heterocycles. The van der Waals surface area contributed by atoms with Crippen LogP contribution in [-0.2, 0) is 13.7 Å². The fourth-order valence-corrected chi connectivity index (χ4v) is 2.96. The number of imidazole rings is 1. The Morgan fingerprint density at radius 1 is 1.04 bits per heavy atom. The SMILES string of the molecule is COc1nc(OCc2nc(-c3ccccc3)cn2C)nc2ccc(Cl)cc12. The monoisotopic (exact) mass is 380 g/mol. The minimum atomic E-state index is 0.228. The second-order valence-electron chi connectivity index (χ2n) is 5.98. The Bertz CT molecular complexity index is 1100. The van der Waals surface area contributed by atoms with Crippen LogP contribution in [0.1, 0.15) is 5.82 Å². The molecule has 0 saturated carbocycles. The van der Waals surface area contributed by atoms with Gasteiger partial charge in [0.25, 0.3) is 0 Å². The minimum absolute atomic E-state index is 0.228. The Morgan fingerprint density at radius 3 is 2.63 bits per heavy atom. The first-order valence-electron chi connectivity index (χ1n) is 8.36. The molecule has 0 bridgehead atoms. The van der Waals surface area contributed by atoms with Crippen LogP contribution in [0.15, 0.2) is 54.7 Å². The van der Waals surface area contributed by atoms with E-state index in [0.717, 1.165) is 22.5 Å². The molecule has 7 heteroatoms. The van der Waals surface area contributed by atoms with Gasteiger partial charge < -0.3 is 14.0 Å². The highest BCUT2D eigenvalue weighted by Gasteiger charge is 2.12. The predicted molar refractivity (Wildman–Crippen MR) is 104 cm³/mol. The molecule has 0 aliphatic carbocycles. The van der Waals surface area contributed by atoms with Crippen LogP contribution in [0.25, 0.3) is 22.2 Å². The summed E-state index contributed by atoms with van der Waals surface area (Å²) in [5.74, 6) is 1.19. The summed E-state index contributed by atoms with van der Waals surface area (Å²) in [6.45, 7) is 0.242. The molecule has 0 radical (unpaired) electrons. The standard InChI is InChI=1S/C20H17ClN4O2/c1-25-11-17(13-6-4-3-5-7-13)22-18(25)12-27-20-23-16-9-8-14(21)10-15(16)19(24-20)26-2/h3-11H,12H2,1-2H3. The third-order valence-corrected chi connectivity index (χ3v) is 4.40. The smallest absolute Gasteiger partial charge is 0.320 e. The van der Waals surface area contributed by atoms with E-state index >= 15 is 0 Å². The van der Waals surface area contributed by atoms with Crippen molar-refractivity contribution in [3.63, 3.8) is 0 Å². The van der Waals surface area contributed by atoms with E-state index in [0.29, 0.717) is 16.4 Å². The molecule has 0 spiro atoms. The molecule has 27 heavy (non-hydrogen) atoms. The van der Waals surface area contributed by atoms with Crippen LogP contribution in [0.2, 0.25) is 5.02 Å². The van der Waals surface area contributed by atoms with E-state index in [-0.39, 0.29) is 12.6 Å². The molecule has 2 aromatic carbocycles. The number of nitrogens with zero attached hydrogens (tertiary/aromatic N) is 4. The van der Waals surface area contributed by atoms with Gasteiger partial charge in [0.15, 0.2) is 0 Å². The Labute approximate surface area is 161 Å². The molecule has 6 nitrogen and oxygen atoms in total. The van der Waals surface area contributed by atoms with Gasteiger partial charge in [0.2, 0.25) is 5.88 Å². The second kappa shape index (κ2) is 7.25. The van der Waals surface area contributed by atoms with Gasteiger partial charge in [0.05, 0.1) is 23.7 Å². The molecule has 0 atom stereocenters. The van der Waals surface area contributed by atoms with Gasteiger partial charge in [-0.25, -0.2) is 4.98 Å². The number of hydrogen-bond acceptors (Lipinski definition) is 5. The lowest BCUT2D eigenvalue weighted by molar-refractivity contribution is 0.264. The van der Waals surface area contributed by atoms with Gasteiger partial charge in [0, 0.05) is 23.8 Å². The van der Waals surface area contributed by atoms with Crippen molar-refractivity contribution in [2.75, 3.05) is 7.11 Å². The summed E-state index contributed by atoms with van der Waals surface area (Å²) in [6.07, 6.45) is 1.97. The van der Waals surface area contributed by atoms with Crippen molar-refractivity contribution in [3.05, 3.63) is 65.6 Å². The van der Waals surface area contributed by atoms with Crippen molar-refractivity contribution in [2.24, 2.45) is 7.05 Å². The molecule has 0 amide bonds. The van der Waals surface area contributed by atoms with Crippen molar-refractivity contribution in [2.45, 2.75) is 6.61 Å². The van der Waals surface area contributed by atoms with E-state index in [1.54, 1.807) is 19.2 Å². The third-order valence-electron chi connectivity index (χ3n) is 4.17. The van der Waals surface area contributed by atoms with Gasteiger partial charge in [-0.3, -0.25) is 0 Å². The summed E-state index contributed by atoms with van der Waals surface area (Å²) in [5.41, 5.74) is 2.65.